The first-order valence-corrected chi connectivity index (χ1v) is 7.77. The molecule has 0 unspecified atom stereocenters. The molecule has 0 aliphatic carbocycles. The van der Waals surface area contributed by atoms with Crippen LogP contribution in [0.15, 0.2) is 66.9 Å². The van der Waals surface area contributed by atoms with Gasteiger partial charge in [-0.2, -0.15) is 0 Å². The zero-order chi connectivity index (χ0) is 16.8. The van der Waals surface area contributed by atoms with E-state index in [0.29, 0.717) is 12.5 Å². The van der Waals surface area contributed by atoms with Gasteiger partial charge in [0.25, 0.3) is 0 Å². The molecule has 0 spiro atoms. The number of nitrogens with zero attached hydrogens (tertiary/aromatic N) is 1. The number of pyridine rings is 1. The standard InChI is InChI=1S/C20H19NO3/c22-12-16-6-8-19(18(10-16)13-23)17-7-9-20(21-11-17)24-14-15-4-2-1-3-5-15/h1-11,22-23H,12-14H2. The lowest BCUT2D eigenvalue weighted by molar-refractivity contribution is 0.275. The average molecular weight is 321 g/mol. The summed E-state index contributed by atoms with van der Waals surface area (Å²) in [6.07, 6.45) is 1.73. The van der Waals surface area contributed by atoms with Crippen molar-refractivity contribution in [3.8, 4) is 17.0 Å². The molecular formula is C20H19NO3. The van der Waals surface area contributed by atoms with Gasteiger partial charge in [-0.25, -0.2) is 4.98 Å². The van der Waals surface area contributed by atoms with E-state index in [2.05, 4.69) is 4.98 Å². The van der Waals surface area contributed by atoms with Crippen molar-refractivity contribution in [2.75, 3.05) is 0 Å². The Morgan fingerprint density at radius 2 is 1.67 bits per heavy atom. The fourth-order valence-electron chi connectivity index (χ4n) is 2.51. The van der Waals surface area contributed by atoms with Crippen molar-refractivity contribution in [2.45, 2.75) is 19.8 Å². The van der Waals surface area contributed by atoms with Crippen LogP contribution in [0.25, 0.3) is 11.1 Å². The molecular weight excluding hydrogens is 302 g/mol. The number of aliphatic hydroxyl groups is 2. The Morgan fingerprint density at radius 1 is 0.833 bits per heavy atom. The molecule has 24 heavy (non-hydrogen) atoms. The molecule has 1 heterocycles. The Morgan fingerprint density at radius 3 is 2.33 bits per heavy atom. The van der Waals surface area contributed by atoms with E-state index in [-0.39, 0.29) is 13.2 Å². The number of aromatic nitrogens is 1. The molecule has 0 bridgehead atoms. The summed E-state index contributed by atoms with van der Waals surface area (Å²) in [5.74, 6) is 0.556. The van der Waals surface area contributed by atoms with Crippen LogP contribution in [0.1, 0.15) is 16.7 Å². The van der Waals surface area contributed by atoms with Gasteiger partial charge in [0.1, 0.15) is 6.61 Å². The molecule has 4 heteroatoms. The van der Waals surface area contributed by atoms with Crippen LogP contribution in [0.3, 0.4) is 0 Å². The molecule has 0 atom stereocenters. The van der Waals surface area contributed by atoms with Gasteiger partial charge in [0.15, 0.2) is 0 Å². The van der Waals surface area contributed by atoms with Gasteiger partial charge in [0, 0.05) is 17.8 Å². The molecule has 0 saturated carbocycles. The van der Waals surface area contributed by atoms with Crippen molar-refractivity contribution in [1.82, 2.24) is 4.98 Å². The van der Waals surface area contributed by atoms with E-state index >= 15 is 0 Å². The van der Waals surface area contributed by atoms with Gasteiger partial charge in [-0.05, 0) is 28.3 Å². The van der Waals surface area contributed by atoms with Crippen LogP contribution in [-0.4, -0.2) is 15.2 Å². The third kappa shape index (κ3) is 3.79. The lowest BCUT2D eigenvalue weighted by Crippen LogP contribution is -1.97. The summed E-state index contributed by atoms with van der Waals surface area (Å²) in [5, 5.41) is 18.7. The molecule has 4 nitrogen and oxygen atoms in total. The van der Waals surface area contributed by atoms with E-state index in [0.717, 1.165) is 27.8 Å². The number of hydrogen-bond donors (Lipinski definition) is 2. The van der Waals surface area contributed by atoms with E-state index in [1.165, 1.54) is 0 Å². The summed E-state index contributed by atoms with van der Waals surface area (Å²) < 4.78 is 5.68. The van der Waals surface area contributed by atoms with Crippen LogP contribution in [0.4, 0.5) is 0 Å². The number of ether oxygens (including phenoxy) is 1. The monoisotopic (exact) mass is 321 g/mol. The quantitative estimate of drug-likeness (QED) is 0.731. The number of hydrogen-bond acceptors (Lipinski definition) is 4. The largest absolute Gasteiger partial charge is 0.473 e. The van der Waals surface area contributed by atoms with Crippen LogP contribution in [0.5, 0.6) is 5.88 Å². The van der Waals surface area contributed by atoms with Gasteiger partial charge >= 0.3 is 0 Å². The molecule has 0 aliphatic heterocycles. The summed E-state index contributed by atoms with van der Waals surface area (Å²) in [6, 6.07) is 19.2. The van der Waals surface area contributed by atoms with Crippen LogP contribution in [0.2, 0.25) is 0 Å². The molecule has 122 valence electrons. The normalized spacial score (nSPS) is 10.6. The van der Waals surface area contributed by atoms with Crippen molar-refractivity contribution in [3.05, 3.63) is 83.6 Å². The van der Waals surface area contributed by atoms with Gasteiger partial charge < -0.3 is 14.9 Å². The lowest BCUT2D eigenvalue weighted by Gasteiger charge is -2.10. The molecule has 3 rings (SSSR count). The van der Waals surface area contributed by atoms with E-state index in [1.54, 1.807) is 12.3 Å². The second-order valence-corrected chi connectivity index (χ2v) is 5.47. The van der Waals surface area contributed by atoms with Gasteiger partial charge in [-0.3, -0.25) is 0 Å². The Hall–Kier alpha value is -2.69. The van der Waals surface area contributed by atoms with E-state index in [1.807, 2.05) is 54.6 Å². The summed E-state index contributed by atoms with van der Waals surface area (Å²) >= 11 is 0. The second-order valence-electron chi connectivity index (χ2n) is 5.47. The van der Waals surface area contributed by atoms with Gasteiger partial charge in [-0.1, -0.05) is 48.5 Å². The second kappa shape index (κ2) is 7.73. The van der Waals surface area contributed by atoms with Crippen molar-refractivity contribution in [1.29, 1.82) is 0 Å². The third-order valence-corrected chi connectivity index (χ3v) is 3.80. The molecule has 1 aromatic heterocycles. The van der Waals surface area contributed by atoms with Crippen molar-refractivity contribution >= 4 is 0 Å². The highest BCUT2D eigenvalue weighted by atomic mass is 16.5. The number of rotatable bonds is 6. The Bertz CT molecular complexity index is 786. The van der Waals surface area contributed by atoms with Crippen molar-refractivity contribution in [3.63, 3.8) is 0 Å². The highest BCUT2D eigenvalue weighted by Crippen LogP contribution is 2.26. The smallest absolute Gasteiger partial charge is 0.213 e. The summed E-state index contributed by atoms with van der Waals surface area (Å²) in [5.41, 5.74) is 4.43. The molecule has 3 aromatic rings. The maximum atomic E-state index is 9.54. The van der Waals surface area contributed by atoms with Crippen molar-refractivity contribution < 1.29 is 14.9 Å². The zero-order valence-electron chi connectivity index (χ0n) is 13.2. The first-order valence-electron chi connectivity index (χ1n) is 7.77. The maximum absolute atomic E-state index is 9.54. The third-order valence-electron chi connectivity index (χ3n) is 3.80. The maximum Gasteiger partial charge on any atom is 0.213 e. The zero-order valence-corrected chi connectivity index (χ0v) is 13.2. The number of benzene rings is 2. The minimum absolute atomic E-state index is 0.0439. The van der Waals surface area contributed by atoms with Crippen LogP contribution >= 0.6 is 0 Å². The van der Waals surface area contributed by atoms with Gasteiger partial charge in [-0.15, -0.1) is 0 Å². The lowest BCUT2D eigenvalue weighted by atomic mass is 9.99. The Kier molecular flexibility index (Phi) is 5.21. The topological polar surface area (TPSA) is 62.6 Å². The molecule has 0 amide bonds. The fourth-order valence-corrected chi connectivity index (χ4v) is 2.51. The highest BCUT2D eigenvalue weighted by molar-refractivity contribution is 5.67. The SMILES string of the molecule is OCc1ccc(-c2ccc(OCc3ccccc3)nc2)c(CO)c1. The fraction of sp³-hybridized carbons (Fsp3) is 0.150. The highest BCUT2D eigenvalue weighted by Gasteiger charge is 2.07. The van der Waals surface area contributed by atoms with Crippen LogP contribution < -0.4 is 4.74 Å². The first kappa shape index (κ1) is 16.2. The minimum atomic E-state index is -0.0879. The molecule has 2 aromatic carbocycles. The predicted octanol–water partition coefficient (Wildman–Crippen LogP) is 3.31. The number of aliphatic hydroxyl groups excluding tert-OH is 2. The van der Waals surface area contributed by atoms with Crippen LogP contribution in [0, 0.1) is 0 Å². The summed E-state index contributed by atoms with van der Waals surface area (Å²) in [7, 11) is 0. The first-order chi connectivity index (χ1) is 11.8. The van der Waals surface area contributed by atoms with E-state index < -0.39 is 0 Å². The summed E-state index contributed by atoms with van der Waals surface area (Å²) in [4.78, 5) is 4.33. The van der Waals surface area contributed by atoms with E-state index in [4.69, 9.17) is 4.74 Å². The van der Waals surface area contributed by atoms with Gasteiger partial charge in [0.2, 0.25) is 5.88 Å². The molecule has 0 radical (unpaired) electrons. The Labute approximate surface area is 141 Å². The summed E-state index contributed by atoms with van der Waals surface area (Å²) in [6.45, 7) is 0.341. The molecule has 0 aliphatic rings. The minimum Gasteiger partial charge on any atom is -0.473 e. The van der Waals surface area contributed by atoms with Crippen molar-refractivity contribution in [2.24, 2.45) is 0 Å². The molecule has 2 N–H and O–H groups in total. The van der Waals surface area contributed by atoms with Gasteiger partial charge in [0.05, 0.1) is 13.2 Å². The van der Waals surface area contributed by atoms with E-state index in [9.17, 15) is 10.2 Å². The molecule has 0 fully saturated rings. The average Bonchev–Trinajstić information content (AvgIpc) is 2.67. The predicted molar refractivity (Wildman–Crippen MR) is 92.3 cm³/mol. The Balaban J connectivity index is 1.75. The van der Waals surface area contributed by atoms with Crippen LogP contribution in [-0.2, 0) is 19.8 Å². The molecule has 0 saturated heterocycles.